The summed E-state index contributed by atoms with van der Waals surface area (Å²) in [5.74, 6) is 0.00320. The molecule has 1 aromatic heterocycles. The SMILES string of the molecule is CCC(C)(C)C(=O)Nc1nnc(CC(C)(C)C)s1. The van der Waals surface area contributed by atoms with Crippen molar-refractivity contribution in [3.63, 3.8) is 0 Å². The van der Waals surface area contributed by atoms with E-state index in [2.05, 4.69) is 36.3 Å². The summed E-state index contributed by atoms with van der Waals surface area (Å²) in [7, 11) is 0. The van der Waals surface area contributed by atoms with E-state index in [0.717, 1.165) is 17.8 Å². The number of carbonyl (C=O) groups is 1. The van der Waals surface area contributed by atoms with Gasteiger partial charge in [-0.3, -0.25) is 4.79 Å². The van der Waals surface area contributed by atoms with Crippen LogP contribution in [0, 0.1) is 10.8 Å². The zero-order valence-electron chi connectivity index (χ0n) is 12.1. The van der Waals surface area contributed by atoms with E-state index in [1.165, 1.54) is 11.3 Å². The molecular formula is C13H23N3OS. The lowest BCUT2D eigenvalue weighted by Gasteiger charge is -2.20. The molecule has 1 rings (SSSR count). The first-order chi connectivity index (χ1) is 8.14. The van der Waals surface area contributed by atoms with Gasteiger partial charge in [0, 0.05) is 11.8 Å². The third-order valence-corrected chi connectivity index (χ3v) is 3.71. The van der Waals surface area contributed by atoms with Crippen molar-refractivity contribution in [3.8, 4) is 0 Å². The average Bonchev–Trinajstić information content (AvgIpc) is 2.62. The summed E-state index contributed by atoms with van der Waals surface area (Å²) in [6.45, 7) is 12.3. The van der Waals surface area contributed by atoms with Gasteiger partial charge in [-0.25, -0.2) is 0 Å². The van der Waals surface area contributed by atoms with Crippen LogP contribution in [0.3, 0.4) is 0 Å². The Morgan fingerprint density at radius 2 is 1.83 bits per heavy atom. The molecule has 1 aromatic rings. The second-order valence-corrected chi connectivity index (χ2v) is 7.49. The highest BCUT2D eigenvalue weighted by atomic mass is 32.1. The molecule has 18 heavy (non-hydrogen) atoms. The van der Waals surface area contributed by atoms with Gasteiger partial charge in [-0.1, -0.05) is 52.9 Å². The number of nitrogens with zero attached hydrogens (tertiary/aromatic N) is 2. The number of amides is 1. The van der Waals surface area contributed by atoms with E-state index in [-0.39, 0.29) is 16.7 Å². The number of nitrogens with one attached hydrogen (secondary N) is 1. The first kappa shape index (κ1) is 15.1. The highest BCUT2D eigenvalue weighted by Crippen LogP contribution is 2.27. The first-order valence-electron chi connectivity index (χ1n) is 6.28. The molecule has 1 heterocycles. The Kier molecular flexibility index (Phi) is 4.48. The average molecular weight is 269 g/mol. The summed E-state index contributed by atoms with van der Waals surface area (Å²) in [6.07, 6.45) is 1.67. The molecule has 0 aromatic carbocycles. The zero-order valence-corrected chi connectivity index (χ0v) is 12.9. The Bertz CT molecular complexity index is 418. The Balaban J connectivity index is 2.68. The molecule has 0 aliphatic carbocycles. The molecular weight excluding hydrogens is 246 g/mol. The smallest absolute Gasteiger partial charge is 0.231 e. The van der Waals surface area contributed by atoms with E-state index in [4.69, 9.17) is 0 Å². The van der Waals surface area contributed by atoms with Crippen molar-refractivity contribution in [2.45, 2.75) is 54.4 Å². The number of anilines is 1. The summed E-state index contributed by atoms with van der Waals surface area (Å²) < 4.78 is 0. The second-order valence-electron chi connectivity index (χ2n) is 6.43. The molecule has 5 heteroatoms. The molecule has 0 radical (unpaired) electrons. The summed E-state index contributed by atoms with van der Waals surface area (Å²) >= 11 is 1.46. The van der Waals surface area contributed by atoms with Crippen LogP contribution < -0.4 is 5.32 Å². The normalized spacial score (nSPS) is 12.6. The summed E-state index contributed by atoms with van der Waals surface area (Å²) in [6, 6.07) is 0. The molecule has 0 saturated carbocycles. The fourth-order valence-electron chi connectivity index (χ4n) is 1.26. The minimum atomic E-state index is -0.365. The van der Waals surface area contributed by atoms with E-state index < -0.39 is 0 Å². The molecule has 1 N–H and O–H groups in total. The molecule has 1 amide bonds. The van der Waals surface area contributed by atoms with Crippen molar-refractivity contribution >= 4 is 22.4 Å². The van der Waals surface area contributed by atoms with E-state index in [9.17, 15) is 4.79 Å². The fraction of sp³-hybridized carbons (Fsp3) is 0.769. The van der Waals surface area contributed by atoms with Crippen molar-refractivity contribution in [2.24, 2.45) is 10.8 Å². The van der Waals surface area contributed by atoms with Crippen LogP contribution in [0.25, 0.3) is 0 Å². The molecule has 0 bridgehead atoms. The number of hydrogen-bond donors (Lipinski definition) is 1. The Morgan fingerprint density at radius 1 is 1.22 bits per heavy atom. The van der Waals surface area contributed by atoms with Crippen LogP contribution in [0.15, 0.2) is 0 Å². The van der Waals surface area contributed by atoms with Crippen LogP contribution in [0.5, 0.6) is 0 Å². The predicted molar refractivity (Wildman–Crippen MR) is 75.8 cm³/mol. The van der Waals surface area contributed by atoms with Gasteiger partial charge in [-0.05, 0) is 11.8 Å². The van der Waals surface area contributed by atoms with Gasteiger partial charge in [-0.15, -0.1) is 10.2 Å². The van der Waals surface area contributed by atoms with E-state index in [1.807, 2.05) is 20.8 Å². The van der Waals surface area contributed by atoms with Gasteiger partial charge in [0.1, 0.15) is 5.01 Å². The largest absolute Gasteiger partial charge is 0.300 e. The van der Waals surface area contributed by atoms with E-state index >= 15 is 0 Å². The highest BCUT2D eigenvalue weighted by Gasteiger charge is 2.26. The standard InChI is InChI=1S/C13H23N3OS/c1-7-13(5,6)10(17)14-11-16-15-9(18-11)8-12(2,3)4/h7-8H2,1-6H3,(H,14,16,17). The topological polar surface area (TPSA) is 54.9 Å². The van der Waals surface area contributed by atoms with Crippen LogP contribution >= 0.6 is 11.3 Å². The van der Waals surface area contributed by atoms with Gasteiger partial charge in [0.25, 0.3) is 0 Å². The van der Waals surface area contributed by atoms with Crippen LogP contribution in [0.2, 0.25) is 0 Å². The van der Waals surface area contributed by atoms with Crippen LogP contribution in [-0.2, 0) is 11.2 Å². The summed E-state index contributed by atoms with van der Waals surface area (Å²) in [5.41, 5.74) is -0.181. The van der Waals surface area contributed by atoms with Crippen molar-refractivity contribution in [1.29, 1.82) is 0 Å². The molecule has 102 valence electrons. The van der Waals surface area contributed by atoms with Gasteiger partial charge >= 0.3 is 0 Å². The quantitative estimate of drug-likeness (QED) is 0.910. The van der Waals surface area contributed by atoms with Crippen molar-refractivity contribution < 1.29 is 4.79 Å². The number of aromatic nitrogens is 2. The molecule has 0 aliphatic heterocycles. The number of hydrogen-bond acceptors (Lipinski definition) is 4. The lowest BCUT2D eigenvalue weighted by Crippen LogP contribution is -2.29. The highest BCUT2D eigenvalue weighted by molar-refractivity contribution is 7.15. The zero-order chi connectivity index (χ0) is 14.0. The molecule has 0 atom stereocenters. The van der Waals surface area contributed by atoms with Crippen molar-refractivity contribution in [1.82, 2.24) is 10.2 Å². The Hall–Kier alpha value is -0.970. The molecule has 4 nitrogen and oxygen atoms in total. The lowest BCUT2D eigenvalue weighted by molar-refractivity contribution is -0.124. The van der Waals surface area contributed by atoms with Gasteiger partial charge in [0.2, 0.25) is 11.0 Å². The second kappa shape index (κ2) is 5.34. The summed E-state index contributed by atoms with van der Waals surface area (Å²) in [5, 5.41) is 12.5. The lowest BCUT2D eigenvalue weighted by atomic mass is 9.89. The van der Waals surface area contributed by atoms with Crippen molar-refractivity contribution in [3.05, 3.63) is 5.01 Å². The first-order valence-corrected chi connectivity index (χ1v) is 7.09. The summed E-state index contributed by atoms with van der Waals surface area (Å²) in [4.78, 5) is 12.0. The fourth-order valence-corrected chi connectivity index (χ4v) is 2.29. The van der Waals surface area contributed by atoms with E-state index in [0.29, 0.717) is 5.13 Å². The molecule has 0 aliphatic rings. The van der Waals surface area contributed by atoms with Gasteiger partial charge in [-0.2, -0.15) is 0 Å². The minimum absolute atomic E-state index is 0.00320. The minimum Gasteiger partial charge on any atom is -0.300 e. The number of carbonyl (C=O) groups excluding carboxylic acids is 1. The Labute approximate surface area is 113 Å². The molecule has 0 spiro atoms. The molecule has 0 unspecified atom stereocenters. The van der Waals surface area contributed by atoms with Crippen molar-refractivity contribution in [2.75, 3.05) is 5.32 Å². The third kappa shape index (κ3) is 4.37. The van der Waals surface area contributed by atoms with E-state index in [1.54, 1.807) is 0 Å². The van der Waals surface area contributed by atoms with Crippen LogP contribution in [0.4, 0.5) is 5.13 Å². The van der Waals surface area contributed by atoms with Crippen LogP contribution in [0.1, 0.15) is 53.0 Å². The molecule has 0 fully saturated rings. The van der Waals surface area contributed by atoms with Gasteiger partial charge in [0.05, 0.1) is 0 Å². The monoisotopic (exact) mass is 269 g/mol. The Morgan fingerprint density at radius 3 is 2.33 bits per heavy atom. The maximum absolute atomic E-state index is 12.0. The van der Waals surface area contributed by atoms with Crippen LogP contribution in [-0.4, -0.2) is 16.1 Å². The molecule has 0 saturated heterocycles. The van der Waals surface area contributed by atoms with Gasteiger partial charge < -0.3 is 5.32 Å². The predicted octanol–water partition coefficient (Wildman–Crippen LogP) is 3.50. The van der Waals surface area contributed by atoms with Gasteiger partial charge in [0.15, 0.2) is 0 Å². The maximum atomic E-state index is 12.0. The maximum Gasteiger partial charge on any atom is 0.231 e. The number of rotatable bonds is 4. The third-order valence-electron chi connectivity index (χ3n) is 2.87.